The van der Waals surface area contributed by atoms with Gasteiger partial charge in [0.2, 0.25) is 11.8 Å². The van der Waals surface area contributed by atoms with Gasteiger partial charge in [-0.3, -0.25) is 9.59 Å². The molecule has 0 radical (unpaired) electrons. The molecule has 1 unspecified atom stereocenters. The summed E-state index contributed by atoms with van der Waals surface area (Å²) in [5.74, 6) is 1.01. The number of benzene rings is 2. The van der Waals surface area contributed by atoms with Crippen LogP contribution in [-0.4, -0.2) is 28.5 Å². The normalized spacial score (nSPS) is 11.8. The summed E-state index contributed by atoms with van der Waals surface area (Å²) in [7, 11) is 1.56. The number of hydrogen-bond donors (Lipinski definition) is 2. The van der Waals surface area contributed by atoms with Gasteiger partial charge < -0.3 is 19.9 Å². The molecule has 3 rings (SSSR count). The third kappa shape index (κ3) is 4.74. The summed E-state index contributed by atoms with van der Waals surface area (Å²) >= 11 is 0. The fourth-order valence-electron chi connectivity index (χ4n) is 3.28. The molecule has 2 N–H and O–H groups in total. The number of nitrogens with one attached hydrogen (secondary N) is 2. The molecule has 0 aliphatic carbocycles. The monoisotopic (exact) mass is 394 g/mol. The first-order valence-corrected chi connectivity index (χ1v) is 9.70. The van der Waals surface area contributed by atoms with Crippen molar-refractivity contribution in [1.29, 1.82) is 0 Å². The zero-order valence-corrected chi connectivity index (χ0v) is 16.9. The van der Waals surface area contributed by atoms with E-state index in [1.165, 1.54) is 0 Å². The maximum Gasteiger partial charge on any atom is 0.244 e. The zero-order chi connectivity index (χ0) is 20.8. The fourth-order valence-corrected chi connectivity index (χ4v) is 3.28. The van der Waals surface area contributed by atoms with E-state index in [1.54, 1.807) is 19.2 Å². The minimum atomic E-state index is -0.319. The molecule has 0 spiro atoms. The molecule has 0 saturated carbocycles. The first-order chi connectivity index (χ1) is 14.0. The Morgan fingerprint density at radius 3 is 2.59 bits per heavy atom. The van der Waals surface area contributed by atoms with Crippen LogP contribution in [0.2, 0.25) is 0 Å². The summed E-state index contributed by atoms with van der Waals surface area (Å²) in [6, 6.07) is 14.6. The number of imidazole rings is 1. The van der Waals surface area contributed by atoms with Crippen molar-refractivity contribution in [3.63, 3.8) is 0 Å². The van der Waals surface area contributed by atoms with Crippen molar-refractivity contribution in [2.75, 3.05) is 12.4 Å². The maximum absolute atomic E-state index is 12.8. The summed E-state index contributed by atoms with van der Waals surface area (Å²) in [5.41, 5.74) is 2.23. The highest BCUT2D eigenvalue weighted by Gasteiger charge is 2.20. The van der Waals surface area contributed by atoms with E-state index in [4.69, 9.17) is 4.74 Å². The number of rotatable bonds is 8. The molecule has 1 aromatic heterocycles. The lowest BCUT2D eigenvalue weighted by Crippen LogP contribution is -2.29. The molecule has 152 valence electrons. The highest BCUT2D eigenvalue weighted by molar-refractivity contribution is 5.93. The van der Waals surface area contributed by atoms with Crippen LogP contribution in [0.15, 0.2) is 48.5 Å². The molecular formula is C22H26N4O3. The summed E-state index contributed by atoms with van der Waals surface area (Å²) in [5, 5.41) is 5.86. The number of para-hydroxylation sites is 4. The van der Waals surface area contributed by atoms with Gasteiger partial charge in [0.1, 0.15) is 18.1 Å². The van der Waals surface area contributed by atoms with Crippen LogP contribution in [0.1, 0.15) is 38.6 Å². The van der Waals surface area contributed by atoms with E-state index in [-0.39, 0.29) is 24.4 Å². The van der Waals surface area contributed by atoms with Crippen molar-refractivity contribution in [1.82, 2.24) is 14.9 Å². The second kappa shape index (κ2) is 9.23. The Kier molecular flexibility index (Phi) is 6.49. The Bertz CT molecular complexity index is 1010. The SMILES string of the molecule is CCCC(=O)NC(C)c1nc2ccccc2n1CC(=O)Nc1ccccc1OC. The van der Waals surface area contributed by atoms with Gasteiger partial charge in [-0.2, -0.15) is 0 Å². The average Bonchev–Trinajstić information content (AvgIpc) is 3.07. The molecule has 0 saturated heterocycles. The average molecular weight is 394 g/mol. The van der Waals surface area contributed by atoms with Crippen molar-refractivity contribution in [3.05, 3.63) is 54.4 Å². The molecule has 0 bridgehead atoms. The molecule has 1 heterocycles. The molecule has 0 aliphatic rings. The number of hydrogen-bond acceptors (Lipinski definition) is 4. The van der Waals surface area contributed by atoms with Crippen LogP contribution in [0.3, 0.4) is 0 Å². The minimum Gasteiger partial charge on any atom is -0.495 e. The Hall–Kier alpha value is -3.35. The van der Waals surface area contributed by atoms with Gasteiger partial charge in [0.15, 0.2) is 0 Å². The Morgan fingerprint density at radius 1 is 1.10 bits per heavy atom. The minimum absolute atomic E-state index is 0.0305. The maximum atomic E-state index is 12.8. The molecule has 7 nitrogen and oxygen atoms in total. The van der Waals surface area contributed by atoms with E-state index >= 15 is 0 Å². The predicted octanol–water partition coefficient (Wildman–Crippen LogP) is 3.66. The summed E-state index contributed by atoms with van der Waals surface area (Å²) in [6.07, 6.45) is 1.23. The van der Waals surface area contributed by atoms with Crippen molar-refractivity contribution >= 4 is 28.5 Å². The lowest BCUT2D eigenvalue weighted by atomic mass is 10.2. The first kappa shape index (κ1) is 20.4. The Labute approximate surface area is 170 Å². The van der Waals surface area contributed by atoms with Gasteiger partial charge >= 0.3 is 0 Å². The molecule has 2 amide bonds. The number of aromatic nitrogens is 2. The fraction of sp³-hybridized carbons (Fsp3) is 0.318. The third-order valence-corrected chi connectivity index (χ3v) is 4.61. The van der Waals surface area contributed by atoms with Crippen molar-refractivity contribution in [2.24, 2.45) is 0 Å². The van der Waals surface area contributed by atoms with E-state index < -0.39 is 0 Å². The molecule has 29 heavy (non-hydrogen) atoms. The van der Waals surface area contributed by atoms with Gasteiger partial charge in [-0.1, -0.05) is 31.2 Å². The molecule has 1 atom stereocenters. The third-order valence-electron chi connectivity index (χ3n) is 4.61. The van der Waals surface area contributed by atoms with Gasteiger partial charge in [-0.25, -0.2) is 4.98 Å². The topological polar surface area (TPSA) is 85.2 Å². The standard InChI is InChI=1S/C22H26N4O3/c1-4-9-20(27)23-15(2)22-25-16-10-5-7-12-18(16)26(22)14-21(28)24-17-11-6-8-13-19(17)29-3/h5-8,10-13,15H,4,9,14H2,1-3H3,(H,23,27)(H,24,28). The van der Waals surface area contributed by atoms with Crippen molar-refractivity contribution in [2.45, 2.75) is 39.3 Å². The largest absolute Gasteiger partial charge is 0.495 e. The van der Waals surface area contributed by atoms with Crippen LogP contribution < -0.4 is 15.4 Å². The molecule has 2 aromatic carbocycles. The van der Waals surface area contributed by atoms with E-state index in [0.717, 1.165) is 17.5 Å². The quantitative estimate of drug-likeness (QED) is 0.611. The first-order valence-electron chi connectivity index (χ1n) is 9.70. The Balaban J connectivity index is 1.87. The van der Waals surface area contributed by atoms with Crippen molar-refractivity contribution < 1.29 is 14.3 Å². The Morgan fingerprint density at radius 2 is 1.83 bits per heavy atom. The number of carbonyl (C=O) groups is 2. The van der Waals surface area contributed by atoms with Crippen LogP contribution >= 0.6 is 0 Å². The number of anilines is 1. The lowest BCUT2D eigenvalue weighted by Gasteiger charge is -2.16. The van der Waals surface area contributed by atoms with E-state index in [9.17, 15) is 9.59 Å². The van der Waals surface area contributed by atoms with E-state index in [2.05, 4.69) is 15.6 Å². The molecule has 0 fully saturated rings. The van der Waals surface area contributed by atoms with Crippen LogP contribution in [0.25, 0.3) is 11.0 Å². The molecule has 7 heteroatoms. The number of fused-ring (bicyclic) bond motifs is 1. The smallest absolute Gasteiger partial charge is 0.244 e. The van der Waals surface area contributed by atoms with E-state index in [1.807, 2.05) is 54.8 Å². The van der Waals surface area contributed by atoms with Crippen LogP contribution in [0.5, 0.6) is 5.75 Å². The second-order valence-electron chi connectivity index (χ2n) is 6.83. The van der Waals surface area contributed by atoms with Gasteiger partial charge in [0, 0.05) is 6.42 Å². The zero-order valence-electron chi connectivity index (χ0n) is 16.9. The summed E-state index contributed by atoms with van der Waals surface area (Å²) in [4.78, 5) is 29.5. The van der Waals surface area contributed by atoms with Gasteiger partial charge in [-0.15, -0.1) is 0 Å². The van der Waals surface area contributed by atoms with Crippen molar-refractivity contribution in [3.8, 4) is 5.75 Å². The van der Waals surface area contributed by atoms with Crippen LogP contribution in [0.4, 0.5) is 5.69 Å². The lowest BCUT2D eigenvalue weighted by molar-refractivity contribution is -0.121. The molecule has 0 aliphatic heterocycles. The highest BCUT2D eigenvalue weighted by atomic mass is 16.5. The van der Waals surface area contributed by atoms with Crippen LogP contribution in [-0.2, 0) is 16.1 Å². The molecule has 3 aromatic rings. The summed E-state index contributed by atoms with van der Waals surface area (Å²) in [6.45, 7) is 3.91. The number of carbonyl (C=O) groups excluding carboxylic acids is 2. The van der Waals surface area contributed by atoms with Gasteiger partial charge in [0.05, 0.1) is 29.9 Å². The van der Waals surface area contributed by atoms with E-state index in [0.29, 0.717) is 23.7 Å². The van der Waals surface area contributed by atoms with Crippen LogP contribution in [0, 0.1) is 0 Å². The van der Waals surface area contributed by atoms with Gasteiger partial charge in [0.25, 0.3) is 0 Å². The predicted molar refractivity (Wildman–Crippen MR) is 113 cm³/mol. The summed E-state index contributed by atoms with van der Waals surface area (Å²) < 4.78 is 7.14. The second-order valence-corrected chi connectivity index (χ2v) is 6.83. The highest BCUT2D eigenvalue weighted by Crippen LogP contribution is 2.24. The number of amides is 2. The number of methoxy groups -OCH3 is 1. The number of ether oxygens (including phenoxy) is 1. The number of nitrogens with zero attached hydrogens (tertiary/aromatic N) is 2. The molecular weight excluding hydrogens is 368 g/mol. The van der Waals surface area contributed by atoms with Gasteiger partial charge in [-0.05, 0) is 37.6 Å².